The van der Waals surface area contributed by atoms with Crippen LogP contribution in [-0.2, 0) is 11.2 Å². The summed E-state index contributed by atoms with van der Waals surface area (Å²) in [5.41, 5.74) is 1.30. The highest BCUT2D eigenvalue weighted by molar-refractivity contribution is 5.93. The smallest absolute Gasteiger partial charge is 0.232 e. The third-order valence-corrected chi connectivity index (χ3v) is 2.54. The Hall–Kier alpha value is -2.63. The molecule has 1 amide bonds. The van der Waals surface area contributed by atoms with Crippen LogP contribution in [0.4, 0.5) is 5.95 Å². The minimum absolute atomic E-state index is 0.151. The number of amides is 1. The second-order valence-electron chi connectivity index (χ2n) is 3.79. The number of aromatic nitrogens is 3. The lowest BCUT2D eigenvalue weighted by Gasteiger charge is -1.99. The summed E-state index contributed by atoms with van der Waals surface area (Å²) in [6.45, 7) is 0. The van der Waals surface area contributed by atoms with E-state index in [2.05, 4.69) is 20.4 Å². The number of hydrogen-bond acceptors (Lipinski definition) is 4. The van der Waals surface area contributed by atoms with Gasteiger partial charge in [0, 0.05) is 17.8 Å². The van der Waals surface area contributed by atoms with E-state index in [-0.39, 0.29) is 12.3 Å². The second kappa shape index (κ2) is 4.33. The standard InChI is InChI=1S/C12H10N4O2/c17-11(15-12-13-5-6-14-12)7-9-8-3-1-2-4-10(8)18-16-9/h1-6H,7H2,(H2,13,14,15,17). The van der Waals surface area contributed by atoms with Crippen molar-refractivity contribution < 1.29 is 9.32 Å². The van der Waals surface area contributed by atoms with Crippen LogP contribution in [0.3, 0.4) is 0 Å². The number of anilines is 1. The van der Waals surface area contributed by atoms with E-state index in [1.165, 1.54) is 0 Å². The van der Waals surface area contributed by atoms with Crippen molar-refractivity contribution >= 4 is 22.8 Å². The Kier molecular flexibility index (Phi) is 2.53. The van der Waals surface area contributed by atoms with Gasteiger partial charge in [0.1, 0.15) is 5.69 Å². The van der Waals surface area contributed by atoms with E-state index in [1.54, 1.807) is 12.4 Å². The molecule has 18 heavy (non-hydrogen) atoms. The molecular weight excluding hydrogens is 232 g/mol. The topological polar surface area (TPSA) is 83.8 Å². The van der Waals surface area contributed by atoms with E-state index in [9.17, 15) is 4.79 Å². The van der Waals surface area contributed by atoms with Gasteiger partial charge in [-0.2, -0.15) is 0 Å². The van der Waals surface area contributed by atoms with Gasteiger partial charge in [-0.25, -0.2) is 4.98 Å². The van der Waals surface area contributed by atoms with Gasteiger partial charge in [-0.05, 0) is 12.1 Å². The largest absolute Gasteiger partial charge is 0.356 e. The van der Waals surface area contributed by atoms with Crippen molar-refractivity contribution in [2.45, 2.75) is 6.42 Å². The van der Waals surface area contributed by atoms with Crippen molar-refractivity contribution in [1.29, 1.82) is 0 Å². The van der Waals surface area contributed by atoms with Crippen LogP contribution >= 0.6 is 0 Å². The van der Waals surface area contributed by atoms with Crippen LogP contribution in [-0.4, -0.2) is 21.0 Å². The van der Waals surface area contributed by atoms with E-state index >= 15 is 0 Å². The number of hydrogen-bond donors (Lipinski definition) is 2. The van der Waals surface area contributed by atoms with Crippen molar-refractivity contribution in [2.24, 2.45) is 0 Å². The third-order valence-electron chi connectivity index (χ3n) is 2.54. The van der Waals surface area contributed by atoms with Gasteiger partial charge in [-0.15, -0.1) is 0 Å². The summed E-state index contributed by atoms with van der Waals surface area (Å²) in [5, 5.41) is 7.39. The minimum Gasteiger partial charge on any atom is -0.356 e. The molecule has 0 aliphatic rings. The van der Waals surface area contributed by atoms with E-state index in [4.69, 9.17) is 4.52 Å². The number of carbonyl (C=O) groups excluding carboxylic acids is 1. The second-order valence-corrected chi connectivity index (χ2v) is 3.79. The van der Waals surface area contributed by atoms with Crippen LogP contribution in [0.25, 0.3) is 11.0 Å². The summed E-state index contributed by atoms with van der Waals surface area (Å²) >= 11 is 0. The van der Waals surface area contributed by atoms with Gasteiger partial charge in [0.25, 0.3) is 0 Å². The van der Waals surface area contributed by atoms with Crippen LogP contribution in [0.5, 0.6) is 0 Å². The number of para-hydroxylation sites is 1. The maximum absolute atomic E-state index is 11.8. The van der Waals surface area contributed by atoms with Gasteiger partial charge in [0.2, 0.25) is 11.9 Å². The van der Waals surface area contributed by atoms with Crippen LogP contribution < -0.4 is 5.32 Å². The number of nitrogens with zero attached hydrogens (tertiary/aromatic N) is 2. The van der Waals surface area contributed by atoms with Crippen molar-refractivity contribution in [1.82, 2.24) is 15.1 Å². The Morgan fingerprint density at radius 3 is 3.11 bits per heavy atom. The van der Waals surface area contributed by atoms with Crippen LogP contribution in [0.1, 0.15) is 5.69 Å². The van der Waals surface area contributed by atoms with Crippen LogP contribution in [0.15, 0.2) is 41.2 Å². The van der Waals surface area contributed by atoms with E-state index < -0.39 is 0 Å². The summed E-state index contributed by atoms with van der Waals surface area (Å²) in [4.78, 5) is 18.5. The lowest BCUT2D eigenvalue weighted by atomic mass is 10.2. The third kappa shape index (κ3) is 1.95. The zero-order chi connectivity index (χ0) is 12.4. The average molecular weight is 242 g/mol. The zero-order valence-electron chi connectivity index (χ0n) is 9.38. The van der Waals surface area contributed by atoms with Crippen molar-refractivity contribution in [3.05, 3.63) is 42.4 Å². The number of aromatic amines is 1. The summed E-state index contributed by atoms with van der Waals surface area (Å²) in [6.07, 6.45) is 3.36. The molecule has 0 spiro atoms. The molecule has 0 unspecified atom stereocenters. The molecule has 6 heteroatoms. The highest BCUT2D eigenvalue weighted by atomic mass is 16.5. The molecule has 90 valence electrons. The fraction of sp³-hybridized carbons (Fsp3) is 0.0833. The maximum atomic E-state index is 11.8. The average Bonchev–Trinajstić information content (AvgIpc) is 3.00. The Morgan fingerprint density at radius 2 is 2.28 bits per heavy atom. The molecule has 2 heterocycles. The van der Waals surface area contributed by atoms with Crippen molar-refractivity contribution in [3.8, 4) is 0 Å². The summed E-state index contributed by atoms with van der Waals surface area (Å²) in [6, 6.07) is 7.44. The number of nitrogens with one attached hydrogen (secondary N) is 2. The molecule has 0 saturated heterocycles. The molecule has 0 fully saturated rings. The Labute approximate surface area is 102 Å². The fourth-order valence-corrected chi connectivity index (χ4v) is 1.73. The van der Waals surface area contributed by atoms with E-state index in [0.29, 0.717) is 17.2 Å². The van der Waals surface area contributed by atoms with Gasteiger partial charge in [-0.1, -0.05) is 17.3 Å². The van der Waals surface area contributed by atoms with Crippen LogP contribution in [0.2, 0.25) is 0 Å². The number of H-pyrrole nitrogens is 1. The molecule has 3 rings (SSSR count). The first kappa shape index (κ1) is 10.5. The lowest BCUT2D eigenvalue weighted by Crippen LogP contribution is -2.15. The predicted molar refractivity (Wildman–Crippen MR) is 64.9 cm³/mol. The van der Waals surface area contributed by atoms with Crippen molar-refractivity contribution in [2.75, 3.05) is 5.32 Å². The normalized spacial score (nSPS) is 10.7. The van der Waals surface area contributed by atoms with Gasteiger partial charge in [0.15, 0.2) is 5.58 Å². The molecule has 0 saturated carbocycles. The number of rotatable bonds is 3. The molecule has 1 aromatic carbocycles. The fourth-order valence-electron chi connectivity index (χ4n) is 1.73. The zero-order valence-corrected chi connectivity index (χ0v) is 9.38. The Bertz CT molecular complexity index is 672. The first-order valence-electron chi connectivity index (χ1n) is 5.45. The predicted octanol–water partition coefficient (Wildman–Crippen LogP) is 1.73. The van der Waals surface area contributed by atoms with Gasteiger partial charge in [0.05, 0.1) is 6.42 Å². The minimum atomic E-state index is -0.191. The Morgan fingerprint density at radius 1 is 1.39 bits per heavy atom. The molecule has 2 N–H and O–H groups in total. The number of fused-ring (bicyclic) bond motifs is 1. The molecular formula is C12H10N4O2. The molecule has 2 aromatic heterocycles. The lowest BCUT2D eigenvalue weighted by molar-refractivity contribution is -0.115. The molecule has 0 aliphatic heterocycles. The van der Waals surface area contributed by atoms with Gasteiger partial charge >= 0.3 is 0 Å². The molecule has 0 aliphatic carbocycles. The highest BCUT2D eigenvalue weighted by Crippen LogP contribution is 2.18. The maximum Gasteiger partial charge on any atom is 0.232 e. The molecule has 0 bridgehead atoms. The number of benzene rings is 1. The summed E-state index contributed by atoms with van der Waals surface area (Å²) < 4.78 is 5.13. The van der Waals surface area contributed by atoms with Gasteiger partial charge in [-0.3, -0.25) is 10.1 Å². The van der Waals surface area contributed by atoms with E-state index in [1.807, 2.05) is 24.3 Å². The SMILES string of the molecule is O=C(Cc1noc2ccccc12)Nc1ncc[nH]1. The molecule has 6 nitrogen and oxygen atoms in total. The summed E-state index contributed by atoms with van der Waals surface area (Å²) in [7, 11) is 0. The number of carbonyl (C=O) groups is 1. The Balaban J connectivity index is 1.78. The highest BCUT2D eigenvalue weighted by Gasteiger charge is 2.12. The van der Waals surface area contributed by atoms with E-state index in [0.717, 1.165) is 5.39 Å². The first-order chi connectivity index (χ1) is 8.83. The van der Waals surface area contributed by atoms with Crippen molar-refractivity contribution in [3.63, 3.8) is 0 Å². The number of imidazole rings is 1. The summed E-state index contributed by atoms with van der Waals surface area (Å²) in [5.74, 6) is 0.233. The molecule has 0 radical (unpaired) electrons. The van der Waals surface area contributed by atoms with Crippen LogP contribution in [0, 0.1) is 0 Å². The monoisotopic (exact) mass is 242 g/mol. The van der Waals surface area contributed by atoms with Gasteiger partial charge < -0.3 is 9.51 Å². The molecule has 0 atom stereocenters. The first-order valence-corrected chi connectivity index (χ1v) is 5.45. The quantitative estimate of drug-likeness (QED) is 0.732. The molecule has 3 aromatic rings.